The van der Waals surface area contributed by atoms with Crippen molar-refractivity contribution in [3.05, 3.63) is 41.7 Å². The van der Waals surface area contributed by atoms with Gasteiger partial charge in [-0.25, -0.2) is 9.59 Å². The average molecular weight is 336 g/mol. The molecule has 0 aliphatic rings. The summed E-state index contributed by atoms with van der Waals surface area (Å²) < 4.78 is 9.44. The Bertz CT molecular complexity index is 561. The SMILES string of the molecule is COC(=O)C(C(=O)OC)=C(NC[Si](C)(C)C)Nc1ccccc1. The minimum absolute atomic E-state index is 0.183. The van der Waals surface area contributed by atoms with Crippen molar-refractivity contribution >= 4 is 25.7 Å². The number of benzene rings is 1. The van der Waals surface area contributed by atoms with E-state index in [0.717, 1.165) is 5.69 Å². The molecule has 0 bridgehead atoms. The van der Waals surface area contributed by atoms with Gasteiger partial charge in [-0.2, -0.15) is 0 Å². The molecular formula is C16H24N2O4Si. The van der Waals surface area contributed by atoms with Gasteiger partial charge in [0.25, 0.3) is 0 Å². The van der Waals surface area contributed by atoms with E-state index < -0.39 is 20.0 Å². The molecule has 7 heteroatoms. The number of hydrogen-bond acceptors (Lipinski definition) is 6. The van der Waals surface area contributed by atoms with Crippen LogP contribution in [0.4, 0.5) is 5.69 Å². The molecule has 0 heterocycles. The first-order valence-electron chi connectivity index (χ1n) is 7.25. The third-order valence-corrected chi connectivity index (χ3v) is 4.11. The van der Waals surface area contributed by atoms with Gasteiger partial charge in [0, 0.05) is 11.9 Å². The third kappa shape index (κ3) is 6.15. The van der Waals surface area contributed by atoms with Gasteiger partial charge in [-0.3, -0.25) is 0 Å². The van der Waals surface area contributed by atoms with Gasteiger partial charge < -0.3 is 20.1 Å². The molecule has 0 aliphatic carbocycles. The fraction of sp³-hybridized carbons (Fsp3) is 0.375. The van der Waals surface area contributed by atoms with Crippen molar-refractivity contribution in [2.24, 2.45) is 0 Å². The second-order valence-electron chi connectivity index (χ2n) is 6.14. The maximum Gasteiger partial charge on any atom is 0.349 e. The Hall–Kier alpha value is -2.28. The van der Waals surface area contributed by atoms with Crippen molar-refractivity contribution in [1.29, 1.82) is 0 Å². The lowest BCUT2D eigenvalue weighted by Gasteiger charge is -2.22. The summed E-state index contributed by atoms with van der Waals surface area (Å²) >= 11 is 0. The summed E-state index contributed by atoms with van der Waals surface area (Å²) in [5.74, 6) is -1.21. The molecule has 0 atom stereocenters. The summed E-state index contributed by atoms with van der Waals surface area (Å²) in [5.41, 5.74) is 0.563. The summed E-state index contributed by atoms with van der Waals surface area (Å²) in [6.45, 7) is 6.53. The highest BCUT2D eigenvalue weighted by atomic mass is 28.3. The number of para-hydroxylation sites is 1. The minimum atomic E-state index is -1.46. The average Bonchev–Trinajstić information content (AvgIpc) is 2.52. The fourth-order valence-corrected chi connectivity index (χ4v) is 2.41. The number of esters is 2. The van der Waals surface area contributed by atoms with E-state index in [1.165, 1.54) is 14.2 Å². The van der Waals surface area contributed by atoms with E-state index in [-0.39, 0.29) is 11.4 Å². The second-order valence-corrected chi connectivity index (χ2v) is 11.6. The summed E-state index contributed by atoms with van der Waals surface area (Å²) in [4.78, 5) is 24.0. The molecule has 23 heavy (non-hydrogen) atoms. The van der Waals surface area contributed by atoms with Gasteiger partial charge >= 0.3 is 11.9 Å². The van der Waals surface area contributed by atoms with Crippen molar-refractivity contribution in [3.8, 4) is 0 Å². The van der Waals surface area contributed by atoms with Crippen molar-refractivity contribution in [2.45, 2.75) is 19.6 Å². The van der Waals surface area contributed by atoms with Gasteiger partial charge in [-0.15, -0.1) is 0 Å². The number of nitrogens with one attached hydrogen (secondary N) is 2. The van der Waals surface area contributed by atoms with Crippen molar-refractivity contribution < 1.29 is 19.1 Å². The number of carbonyl (C=O) groups is 2. The zero-order chi connectivity index (χ0) is 17.5. The number of carbonyl (C=O) groups excluding carboxylic acids is 2. The van der Waals surface area contributed by atoms with Crippen LogP contribution in [0.1, 0.15) is 0 Å². The van der Waals surface area contributed by atoms with Crippen molar-refractivity contribution in [3.63, 3.8) is 0 Å². The maximum absolute atomic E-state index is 12.0. The lowest BCUT2D eigenvalue weighted by molar-refractivity contribution is -0.144. The Kier molecular flexibility index (Phi) is 6.83. The van der Waals surface area contributed by atoms with Gasteiger partial charge in [0.15, 0.2) is 5.57 Å². The monoisotopic (exact) mass is 336 g/mol. The van der Waals surface area contributed by atoms with E-state index in [1.807, 2.05) is 30.3 Å². The van der Waals surface area contributed by atoms with Gasteiger partial charge in [0.1, 0.15) is 5.82 Å². The predicted molar refractivity (Wildman–Crippen MR) is 92.5 cm³/mol. The zero-order valence-corrected chi connectivity index (χ0v) is 15.2. The molecular weight excluding hydrogens is 312 g/mol. The summed E-state index contributed by atoms with van der Waals surface area (Å²) in [6, 6.07) is 9.26. The van der Waals surface area contributed by atoms with Gasteiger partial charge in [0.2, 0.25) is 0 Å². The van der Waals surface area contributed by atoms with Crippen LogP contribution < -0.4 is 10.6 Å². The molecule has 0 unspecified atom stereocenters. The summed E-state index contributed by atoms with van der Waals surface area (Å²) in [5, 5.41) is 6.24. The van der Waals surface area contributed by atoms with Crippen molar-refractivity contribution in [1.82, 2.24) is 5.32 Å². The van der Waals surface area contributed by atoms with Crippen LogP contribution in [0.2, 0.25) is 19.6 Å². The van der Waals surface area contributed by atoms with E-state index >= 15 is 0 Å². The van der Waals surface area contributed by atoms with Crippen LogP contribution >= 0.6 is 0 Å². The van der Waals surface area contributed by atoms with Crippen LogP contribution in [0.5, 0.6) is 0 Å². The Morgan fingerprint density at radius 2 is 1.52 bits per heavy atom. The first-order chi connectivity index (χ1) is 10.8. The van der Waals surface area contributed by atoms with Crippen LogP contribution in [0.25, 0.3) is 0 Å². The van der Waals surface area contributed by atoms with Crippen molar-refractivity contribution in [2.75, 3.05) is 25.7 Å². The third-order valence-electron chi connectivity index (χ3n) is 2.87. The largest absolute Gasteiger partial charge is 0.465 e. The Morgan fingerprint density at radius 1 is 1.00 bits per heavy atom. The standard InChI is InChI=1S/C16H24N2O4Si/c1-21-15(19)13(16(20)22-2)14(17-11-23(3,4)5)18-12-9-7-6-8-10-12/h6-10,17-18H,11H2,1-5H3. The smallest absolute Gasteiger partial charge is 0.349 e. The number of anilines is 1. The molecule has 126 valence electrons. The first kappa shape index (κ1) is 18.8. The molecule has 1 rings (SSSR count). The molecule has 0 saturated heterocycles. The second kappa shape index (κ2) is 8.38. The number of methoxy groups -OCH3 is 2. The molecule has 6 nitrogen and oxygen atoms in total. The maximum atomic E-state index is 12.0. The van der Waals surface area contributed by atoms with E-state index in [0.29, 0.717) is 6.17 Å². The molecule has 2 N–H and O–H groups in total. The number of hydrogen-bond donors (Lipinski definition) is 2. The topological polar surface area (TPSA) is 76.7 Å². The van der Waals surface area contributed by atoms with Gasteiger partial charge in [0.05, 0.1) is 22.3 Å². The summed E-state index contributed by atoms with van der Waals surface area (Å²) in [7, 11) is 0.990. The zero-order valence-electron chi connectivity index (χ0n) is 14.2. The minimum Gasteiger partial charge on any atom is -0.465 e. The Labute approximate surface area is 137 Å². The molecule has 1 aromatic carbocycles. The van der Waals surface area contributed by atoms with E-state index in [1.54, 1.807) is 0 Å². The molecule has 0 aromatic heterocycles. The highest BCUT2D eigenvalue weighted by molar-refractivity contribution is 6.76. The molecule has 0 saturated carbocycles. The van der Waals surface area contributed by atoms with E-state index in [2.05, 4.69) is 30.3 Å². The van der Waals surface area contributed by atoms with Crippen LogP contribution in [-0.4, -0.2) is 40.4 Å². The number of rotatable bonds is 7. The lowest BCUT2D eigenvalue weighted by Crippen LogP contribution is -2.39. The first-order valence-corrected chi connectivity index (χ1v) is 11.0. The van der Waals surface area contributed by atoms with Crippen LogP contribution in [-0.2, 0) is 19.1 Å². The highest BCUT2D eigenvalue weighted by Crippen LogP contribution is 2.13. The fourth-order valence-electron chi connectivity index (χ4n) is 1.71. The van der Waals surface area contributed by atoms with Crippen LogP contribution in [0.3, 0.4) is 0 Å². The predicted octanol–water partition coefficient (Wildman–Crippen LogP) is 2.12. The van der Waals surface area contributed by atoms with E-state index in [4.69, 9.17) is 9.47 Å². The summed E-state index contributed by atoms with van der Waals surface area (Å²) in [6.07, 6.45) is 0.680. The van der Waals surface area contributed by atoms with Gasteiger partial charge in [-0.1, -0.05) is 37.8 Å². The van der Waals surface area contributed by atoms with Gasteiger partial charge in [-0.05, 0) is 12.1 Å². The number of ether oxygens (including phenoxy) is 2. The lowest BCUT2D eigenvalue weighted by atomic mass is 10.2. The molecule has 1 aromatic rings. The Morgan fingerprint density at radius 3 is 1.96 bits per heavy atom. The normalized spacial score (nSPS) is 10.5. The van der Waals surface area contributed by atoms with Crippen LogP contribution in [0.15, 0.2) is 41.7 Å². The quantitative estimate of drug-likeness (QED) is 0.261. The molecule has 0 spiro atoms. The molecule has 0 aliphatic heterocycles. The highest BCUT2D eigenvalue weighted by Gasteiger charge is 2.26. The molecule has 0 radical (unpaired) electrons. The van der Waals surface area contributed by atoms with E-state index in [9.17, 15) is 9.59 Å². The van der Waals surface area contributed by atoms with Crippen LogP contribution in [0, 0.1) is 0 Å². The molecule has 0 amide bonds. The molecule has 0 fully saturated rings. The Balaban J connectivity index is 3.24.